The van der Waals surface area contributed by atoms with Gasteiger partial charge in [0.05, 0.1) is 12.6 Å². The number of halogens is 1. The molecule has 102 valence electrons. The van der Waals surface area contributed by atoms with Crippen molar-refractivity contribution in [3.63, 3.8) is 0 Å². The summed E-state index contributed by atoms with van der Waals surface area (Å²) < 4.78 is 1.10. The van der Waals surface area contributed by atoms with E-state index in [0.29, 0.717) is 12.6 Å². The van der Waals surface area contributed by atoms with Gasteiger partial charge in [0.15, 0.2) is 0 Å². The van der Waals surface area contributed by atoms with Crippen molar-refractivity contribution in [3.05, 3.63) is 28.2 Å². The van der Waals surface area contributed by atoms with Crippen LogP contribution in [-0.2, 0) is 4.79 Å². The molecule has 3 rings (SSSR count). The maximum atomic E-state index is 12.2. The normalized spacial score (nSPS) is 23.5. The molecule has 2 heterocycles. The molecule has 2 saturated heterocycles. The smallest absolute Gasteiger partial charge is 0.242 e. The summed E-state index contributed by atoms with van der Waals surface area (Å²) in [5, 5.41) is 3.37. The first-order valence-electron chi connectivity index (χ1n) is 6.66. The summed E-state index contributed by atoms with van der Waals surface area (Å²) in [6, 6.07) is 6.60. The monoisotopic (exact) mass is 323 g/mol. The SMILES string of the molecule is Cc1ccc(N2CC(=O)N3CCNCC3C2)cc1Br. The predicted octanol–water partition coefficient (Wildman–Crippen LogP) is 1.38. The van der Waals surface area contributed by atoms with Crippen molar-refractivity contribution in [1.29, 1.82) is 0 Å². The molecule has 1 aromatic carbocycles. The van der Waals surface area contributed by atoms with Gasteiger partial charge >= 0.3 is 0 Å². The molecular weight excluding hydrogens is 306 g/mol. The first kappa shape index (κ1) is 12.9. The zero-order valence-electron chi connectivity index (χ0n) is 11.0. The Morgan fingerprint density at radius 3 is 3.05 bits per heavy atom. The lowest BCUT2D eigenvalue weighted by Gasteiger charge is -2.44. The van der Waals surface area contributed by atoms with E-state index in [1.54, 1.807) is 0 Å². The quantitative estimate of drug-likeness (QED) is 0.848. The van der Waals surface area contributed by atoms with Crippen molar-refractivity contribution in [3.8, 4) is 0 Å². The zero-order valence-corrected chi connectivity index (χ0v) is 12.6. The van der Waals surface area contributed by atoms with Crippen LogP contribution >= 0.6 is 15.9 Å². The molecule has 0 aromatic heterocycles. The highest BCUT2D eigenvalue weighted by Crippen LogP contribution is 2.26. The fourth-order valence-electron chi connectivity index (χ4n) is 2.80. The summed E-state index contributed by atoms with van der Waals surface area (Å²) in [6.45, 7) is 6.13. The van der Waals surface area contributed by atoms with Gasteiger partial charge in [-0.1, -0.05) is 22.0 Å². The van der Waals surface area contributed by atoms with Gasteiger partial charge in [0.1, 0.15) is 0 Å². The third-order valence-corrected chi connectivity index (χ3v) is 4.80. The minimum Gasteiger partial charge on any atom is -0.360 e. The Morgan fingerprint density at radius 1 is 1.42 bits per heavy atom. The van der Waals surface area contributed by atoms with E-state index in [4.69, 9.17) is 0 Å². The van der Waals surface area contributed by atoms with E-state index in [-0.39, 0.29) is 5.91 Å². The van der Waals surface area contributed by atoms with E-state index in [1.807, 2.05) is 4.90 Å². The standard InChI is InChI=1S/C14H18BrN3O/c1-10-2-3-11(6-13(10)15)17-8-12-7-16-4-5-18(12)14(19)9-17/h2-3,6,12,16H,4-5,7-9H2,1H3. The number of carbonyl (C=O) groups excluding carboxylic acids is 1. The minimum atomic E-state index is 0.245. The lowest BCUT2D eigenvalue weighted by molar-refractivity contribution is -0.134. The van der Waals surface area contributed by atoms with Crippen LogP contribution in [0.3, 0.4) is 0 Å². The molecule has 2 aliphatic heterocycles. The van der Waals surface area contributed by atoms with Gasteiger partial charge in [-0.3, -0.25) is 4.79 Å². The molecule has 4 nitrogen and oxygen atoms in total. The van der Waals surface area contributed by atoms with Gasteiger partial charge in [0.2, 0.25) is 5.91 Å². The highest BCUT2D eigenvalue weighted by atomic mass is 79.9. The van der Waals surface area contributed by atoms with E-state index in [2.05, 4.69) is 51.3 Å². The summed E-state index contributed by atoms with van der Waals surface area (Å²) >= 11 is 3.56. The molecule has 0 bridgehead atoms. The highest BCUT2D eigenvalue weighted by molar-refractivity contribution is 9.10. The van der Waals surface area contributed by atoms with Gasteiger partial charge in [0.25, 0.3) is 0 Å². The topological polar surface area (TPSA) is 35.6 Å². The van der Waals surface area contributed by atoms with Crippen molar-refractivity contribution < 1.29 is 4.79 Å². The number of hydrogen-bond acceptors (Lipinski definition) is 3. The number of aryl methyl sites for hydroxylation is 1. The first-order valence-corrected chi connectivity index (χ1v) is 7.46. The van der Waals surface area contributed by atoms with Crippen molar-refractivity contribution in [1.82, 2.24) is 10.2 Å². The van der Waals surface area contributed by atoms with Crippen LogP contribution in [-0.4, -0.2) is 49.6 Å². The Morgan fingerprint density at radius 2 is 2.26 bits per heavy atom. The average molecular weight is 324 g/mol. The molecule has 1 atom stereocenters. The maximum Gasteiger partial charge on any atom is 0.242 e. The van der Waals surface area contributed by atoms with E-state index < -0.39 is 0 Å². The molecule has 1 aromatic rings. The van der Waals surface area contributed by atoms with Crippen LogP contribution in [0.25, 0.3) is 0 Å². The van der Waals surface area contributed by atoms with Crippen LogP contribution in [0.15, 0.2) is 22.7 Å². The molecular formula is C14H18BrN3O. The Labute approximate surface area is 121 Å². The van der Waals surface area contributed by atoms with Gasteiger partial charge in [-0.05, 0) is 24.6 Å². The molecule has 1 N–H and O–H groups in total. The second-order valence-corrected chi connectivity index (χ2v) is 6.11. The van der Waals surface area contributed by atoms with Gasteiger partial charge in [-0.15, -0.1) is 0 Å². The zero-order chi connectivity index (χ0) is 13.4. The summed E-state index contributed by atoms with van der Waals surface area (Å²) in [6.07, 6.45) is 0. The minimum absolute atomic E-state index is 0.245. The molecule has 19 heavy (non-hydrogen) atoms. The number of rotatable bonds is 1. The number of amides is 1. The number of benzene rings is 1. The molecule has 0 saturated carbocycles. The van der Waals surface area contributed by atoms with E-state index in [1.165, 1.54) is 5.56 Å². The second-order valence-electron chi connectivity index (χ2n) is 5.26. The van der Waals surface area contributed by atoms with Gasteiger partial charge < -0.3 is 15.1 Å². The van der Waals surface area contributed by atoms with E-state index in [9.17, 15) is 4.79 Å². The highest BCUT2D eigenvalue weighted by Gasteiger charge is 2.33. The summed E-state index contributed by atoms with van der Waals surface area (Å²) in [5.74, 6) is 0.245. The Hall–Kier alpha value is -1.07. The summed E-state index contributed by atoms with van der Waals surface area (Å²) in [4.78, 5) is 16.4. The number of fused-ring (bicyclic) bond motifs is 1. The number of carbonyl (C=O) groups is 1. The number of piperazine rings is 2. The molecule has 2 fully saturated rings. The third-order valence-electron chi connectivity index (χ3n) is 3.95. The van der Waals surface area contributed by atoms with Crippen molar-refractivity contribution in [2.45, 2.75) is 13.0 Å². The molecule has 0 spiro atoms. The number of nitrogens with one attached hydrogen (secondary N) is 1. The number of anilines is 1. The Balaban J connectivity index is 1.82. The van der Waals surface area contributed by atoms with E-state index >= 15 is 0 Å². The second kappa shape index (κ2) is 5.13. The van der Waals surface area contributed by atoms with Crippen LogP contribution < -0.4 is 10.2 Å². The lowest BCUT2D eigenvalue weighted by atomic mass is 10.1. The molecule has 1 unspecified atom stereocenters. The van der Waals surface area contributed by atoms with Crippen molar-refractivity contribution in [2.75, 3.05) is 37.6 Å². The molecule has 0 radical (unpaired) electrons. The Kier molecular flexibility index (Phi) is 3.50. The van der Waals surface area contributed by atoms with Crippen LogP contribution in [0.2, 0.25) is 0 Å². The maximum absolute atomic E-state index is 12.2. The van der Waals surface area contributed by atoms with Crippen LogP contribution in [0.4, 0.5) is 5.69 Å². The van der Waals surface area contributed by atoms with Crippen molar-refractivity contribution in [2.24, 2.45) is 0 Å². The van der Waals surface area contributed by atoms with Gasteiger partial charge in [0, 0.05) is 36.3 Å². The number of hydrogen-bond donors (Lipinski definition) is 1. The lowest BCUT2D eigenvalue weighted by Crippen LogP contribution is -2.63. The molecule has 0 aliphatic carbocycles. The van der Waals surface area contributed by atoms with Crippen LogP contribution in [0.5, 0.6) is 0 Å². The fraction of sp³-hybridized carbons (Fsp3) is 0.500. The largest absolute Gasteiger partial charge is 0.360 e. The van der Waals surface area contributed by atoms with Crippen LogP contribution in [0.1, 0.15) is 5.56 Å². The molecule has 2 aliphatic rings. The third kappa shape index (κ3) is 2.49. The first-order chi connectivity index (χ1) is 9.15. The predicted molar refractivity (Wildman–Crippen MR) is 79.5 cm³/mol. The molecule has 5 heteroatoms. The summed E-state index contributed by atoms with van der Waals surface area (Å²) in [5.41, 5.74) is 2.34. The van der Waals surface area contributed by atoms with E-state index in [0.717, 1.165) is 36.3 Å². The molecule has 1 amide bonds. The van der Waals surface area contributed by atoms with Crippen molar-refractivity contribution >= 4 is 27.5 Å². The number of nitrogens with zero attached hydrogens (tertiary/aromatic N) is 2. The van der Waals surface area contributed by atoms with Gasteiger partial charge in [-0.25, -0.2) is 0 Å². The van der Waals surface area contributed by atoms with Gasteiger partial charge in [-0.2, -0.15) is 0 Å². The Bertz CT molecular complexity index is 505. The van der Waals surface area contributed by atoms with Crippen LogP contribution in [0, 0.1) is 6.92 Å². The summed E-state index contributed by atoms with van der Waals surface area (Å²) in [7, 11) is 0. The fourth-order valence-corrected chi connectivity index (χ4v) is 3.17. The average Bonchev–Trinajstić information content (AvgIpc) is 2.42.